The van der Waals surface area contributed by atoms with Gasteiger partial charge >= 0.3 is 6.09 Å². The Morgan fingerprint density at radius 1 is 1.44 bits per heavy atom. The van der Waals surface area contributed by atoms with Gasteiger partial charge in [0.2, 0.25) is 0 Å². The maximum atomic E-state index is 11.8. The first kappa shape index (κ1) is 13.2. The Labute approximate surface area is 112 Å². The summed E-state index contributed by atoms with van der Waals surface area (Å²) in [6.45, 7) is 1.14. The highest BCUT2D eigenvalue weighted by Gasteiger charge is 2.28. The molecule has 0 unspecified atom stereocenters. The van der Waals surface area contributed by atoms with Crippen LogP contribution in [0.4, 0.5) is 4.79 Å². The number of amides is 1. The summed E-state index contributed by atoms with van der Waals surface area (Å²) >= 11 is 4.25. The molecule has 0 radical (unpaired) electrons. The van der Waals surface area contributed by atoms with Gasteiger partial charge in [0.05, 0.1) is 12.6 Å². The van der Waals surface area contributed by atoms with E-state index in [4.69, 9.17) is 4.74 Å². The zero-order valence-corrected chi connectivity index (χ0v) is 10.9. The Hall–Kier alpha value is -1.20. The number of carbonyl (C=O) groups excluding carboxylic acids is 1. The molecule has 1 heterocycles. The summed E-state index contributed by atoms with van der Waals surface area (Å²) in [5.74, 6) is 0. The minimum atomic E-state index is -0.577. The van der Waals surface area contributed by atoms with E-state index in [1.807, 2.05) is 30.3 Å². The predicted octanol–water partition coefficient (Wildman–Crippen LogP) is 1.69. The monoisotopic (exact) mass is 267 g/mol. The lowest BCUT2D eigenvalue weighted by molar-refractivity contribution is 0.0495. The quantitative estimate of drug-likeness (QED) is 0.802. The van der Waals surface area contributed by atoms with Crippen LogP contribution in [0.25, 0.3) is 0 Å². The first-order chi connectivity index (χ1) is 8.66. The van der Waals surface area contributed by atoms with E-state index in [0.717, 1.165) is 5.56 Å². The van der Waals surface area contributed by atoms with Crippen LogP contribution >= 0.6 is 12.6 Å². The summed E-state index contributed by atoms with van der Waals surface area (Å²) < 4.78 is 5.20. The summed E-state index contributed by atoms with van der Waals surface area (Å²) in [5, 5.41) is 9.60. The molecular formula is C13H17NO3S. The molecule has 18 heavy (non-hydrogen) atoms. The zero-order valence-electron chi connectivity index (χ0n) is 10.0. The normalized spacial score (nSPS) is 23.8. The number of likely N-dealkylation sites (tertiary alicyclic amines) is 1. The molecule has 0 aliphatic carbocycles. The molecule has 0 aromatic heterocycles. The largest absolute Gasteiger partial charge is 0.445 e. The molecule has 1 saturated heterocycles. The molecule has 1 amide bonds. The van der Waals surface area contributed by atoms with Crippen LogP contribution in [0, 0.1) is 0 Å². The van der Waals surface area contributed by atoms with Crippen LogP contribution in [0.15, 0.2) is 30.3 Å². The molecule has 1 aromatic rings. The van der Waals surface area contributed by atoms with Crippen LogP contribution in [-0.2, 0) is 11.3 Å². The molecule has 1 N–H and O–H groups in total. The van der Waals surface area contributed by atoms with E-state index in [9.17, 15) is 9.90 Å². The number of β-amino-alcohol motifs (C(OH)–C–C–N with tert-alkyl or cyclic N) is 1. The molecule has 0 saturated carbocycles. The third-order valence-corrected chi connectivity index (χ3v) is 3.61. The van der Waals surface area contributed by atoms with Crippen molar-refractivity contribution in [2.24, 2.45) is 0 Å². The summed E-state index contributed by atoms with van der Waals surface area (Å²) in [4.78, 5) is 13.3. The Kier molecular flexibility index (Phi) is 4.49. The highest BCUT2D eigenvalue weighted by molar-refractivity contribution is 7.81. The van der Waals surface area contributed by atoms with Gasteiger partial charge < -0.3 is 14.7 Å². The van der Waals surface area contributed by atoms with Crippen molar-refractivity contribution in [3.8, 4) is 0 Å². The fraction of sp³-hybridized carbons (Fsp3) is 0.462. The molecule has 1 fully saturated rings. The predicted molar refractivity (Wildman–Crippen MR) is 71.6 cm³/mol. The minimum absolute atomic E-state index is 0.0526. The van der Waals surface area contributed by atoms with Gasteiger partial charge in [-0.2, -0.15) is 12.6 Å². The molecule has 1 aliphatic rings. The van der Waals surface area contributed by atoms with Crippen molar-refractivity contribution in [3.05, 3.63) is 35.9 Å². The molecular weight excluding hydrogens is 250 g/mol. The molecule has 0 bridgehead atoms. The van der Waals surface area contributed by atoms with Gasteiger partial charge in [-0.3, -0.25) is 0 Å². The van der Waals surface area contributed by atoms with Crippen LogP contribution in [0.3, 0.4) is 0 Å². The highest BCUT2D eigenvalue weighted by Crippen LogP contribution is 2.17. The maximum Gasteiger partial charge on any atom is 0.410 e. The van der Waals surface area contributed by atoms with E-state index in [0.29, 0.717) is 19.5 Å². The third-order valence-electron chi connectivity index (χ3n) is 3.01. The third kappa shape index (κ3) is 3.40. The number of aliphatic hydroxyl groups excluding tert-OH is 1. The number of ether oxygens (including phenoxy) is 1. The number of benzene rings is 1. The van der Waals surface area contributed by atoms with Crippen molar-refractivity contribution in [1.29, 1.82) is 0 Å². The van der Waals surface area contributed by atoms with Crippen molar-refractivity contribution in [2.45, 2.75) is 24.4 Å². The Morgan fingerprint density at radius 3 is 2.83 bits per heavy atom. The van der Waals surface area contributed by atoms with Gasteiger partial charge in [-0.25, -0.2) is 4.79 Å². The maximum absolute atomic E-state index is 11.8. The summed E-state index contributed by atoms with van der Waals surface area (Å²) in [6.07, 6.45) is -0.269. The van der Waals surface area contributed by atoms with E-state index in [-0.39, 0.29) is 18.0 Å². The van der Waals surface area contributed by atoms with Crippen molar-refractivity contribution in [3.63, 3.8) is 0 Å². The number of hydrogen-bond acceptors (Lipinski definition) is 4. The first-order valence-electron chi connectivity index (χ1n) is 5.98. The second kappa shape index (κ2) is 6.11. The van der Waals surface area contributed by atoms with E-state index < -0.39 is 6.10 Å². The lowest BCUT2D eigenvalue weighted by atomic mass is 10.1. The Bertz CT molecular complexity index is 398. The standard InChI is InChI=1S/C13H17NO3S/c15-11-8-14(7-6-12(11)18)13(16)17-9-10-4-2-1-3-5-10/h1-5,11-12,15,18H,6-9H2/t11-,12-/m0/s1. The van der Waals surface area contributed by atoms with E-state index in [1.54, 1.807) is 0 Å². The number of hydrogen-bond donors (Lipinski definition) is 2. The summed E-state index contributed by atoms with van der Waals surface area (Å²) in [6, 6.07) is 9.53. The van der Waals surface area contributed by atoms with Gasteiger partial charge in [0.1, 0.15) is 6.61 Å². The van der Waals surface area contributed by atoms with Gasteiger partial charge in [-0.1, -0.05) is 30.3 Å². The van der Waals surface area contributed by atoms with E-state index >= 15 is 0 Å². The van der Waals surface area contributed by atoms with Gasteiger partial charge in [0.15, 0.2) is 0 Å². The zero-order chi connectivity index (χ0) is 13.0. The molecule has 0 spiro atoms. The van der Waals surface area contributed by atoms with Crippen molar-refractivity contribution in [2.75, 3.05) is 13.1 Å². The number of rotatable bonds is 2. The van der Waals surface area contributed by atoms with E-state index in [2.05, 4.69) is 12.6 Å². The smallest absolute Gasteiger partial charge is 0.410 e. The minimum Gasteiger partial charge on any atom is -0.445 e. The van der Waals surface area contributed by atoms with Crippen molar-refractivity contribution < 1.29 is 14.6 Å². The second-order valence-electron chi connectivity index (χ2n) is 4.41. The van der Waals surface area contributed by atoms with Gasteiger partial charge in [0.25, 0.3) is 0 Å². The fourth-order valence-electron chi connectivity index (χ4n) is 1.90. The molecule has 98 valence electrons. The first-order valence-corrected chi connectivity index (χ1v) is 6.50. The summed E-state index contributed by atoms with van der Waals surface area (Å²) in [5.41, 5.74) is 0.954. The molecule has 1 aliphatic heterocycles. The number of nitrogens with zero attached hydrogens (tertiary/aromatic N) is 1. The second-order valence-corrected chi connectivity index (χ2v) is 5.07. The average molecular weight is 267 g/mol. The number of aliphatic hydroxyl groups is 1. The molecule has 1 aromatic carbocycles. The summed E-state index contributed by atoms with van der Waals surface area (Å²) in [7, 11) is 0. The van der Waals surface area contributed by atoms with Crippen LogP contribution in [0.5, 0.6) is 0 Å². The van der Waals surface area contributed by atoms with Gasteiger partial charge in [-0.05, 0) is 12.0 Å². The molecule has 5 heteroatoms. The van der Waals surface area contributed by atoms with Crippen LogP contribution in [-0.4, -0.2) is 40.5 Å². The topological polar surface area (TPSA) is 49.8 Å². The van der Waals surface area contributed by atoms with Crippen molar-refractivity contribution in [1.82, 2.24) is 4.90 Å². The van der Waals surface area contributed by atoms with E-state index in [1.165, 1.54) is 4.90 Å². The lowest BCUT2D eigenvalue weighted by Gasteiger charge is -2.32. The van der Waals surface area contributed by atoms with Crippen LogP contribution in [0.2, 0.25) is 0 Å². The Morgan fingerprint density at radius 2 is 2.17 bits per heavy atom. The number of carbonyl (C=O) groups is 1. The fourth-order valence-corrected chi connectivity index (χ4v) is 2.11. The number of piperidine rings is 1. The Balaban J connectivity index is 1.82. The van der Waals surface area contributed by atoms with Crippen molar-refractivity contribution >= 4 is 18.7 Å². The van der Waals surface area contributed by atoms with Crippen LogP contribution in [0.1, 0.15) is 12.0 Å². The molecule has 4 nitrogen and oxygen atoms in total. The number of thiol groups is 1. The average Bonchev–Trinajstić information content (AvgIpc) is 2.40. The molecule has 2 rings (SSSR count). The SMILES string of the molecule is O=C(OCc1ccccc1)N1CC[C@H](S)[C@@H](O)C1. The van der Waals surface area contributed by atoms with Crippen LogP contribution < -0.4 is 0 Å². The molecule has 2 atom stereocenters. The lowest BCUT2D eigenvalue weighted by Crippen LogP contribution is -2.47. The van der Waals surface area contributed by atoms with Gasteiger partial charge in [-0.15, -0.1) is 0 Å². The highest BCUT2D eigenvalue weighted by atomic mass is 32.1. The van der Waals surface area contributed by atoms with Gasteiger partial charge in [0, 0.05) is 11.8 Å².